The molecule has 3 rings (SSSR count). The minimum Gasteiger partial charge on any atom is -0.456 e. The molecule has 1 heterocycles. The number of thioether (sulfide) groups is 1. The fraction of sp³-hybridized carbons (Fsp3) is 0.318. The maximum atomic E-state index is 12.2. The molecule has 2 aromatic carbocycles. The van der Waals surface area contributed by atoms with Crippen molar-refractivity contribution in [1.82, 2.24) is 0 Å². The van der Waals surface area contributed by atoms with Gasteiger partial charge in [-0.2, -0.15) is 0 Å². The van der Waals surface area contributed by atoms with Crippen LogP contribution in [0.15, 0.2) is 53.4 Å². The minimum absolute atomic E-state index is 0.0957. The van der Waals surface area contributed by atoms with Gasteiger partial charge in [-0.3, -0.25) is 14.4 Å². The number of para-hydroxylation sites is 2. The van der Waals surface area contributed by atoms with Crippen LogP contribution in [0.3, 0.4) is 0 Å². The first kappa shape index (κ1) is 20.9. The van der Waals surface area contributed by atoms with E-state index in [4.69, 9.17) is 4.74 Å². The van der Waals surface area contributed by atoms with E-state index in [0.29, 0.717) is 5.92 Å². The Labute approximate surface area is 174 Å². The summed E-state index contributed by atoms with van der Waals surface area (Å²) in [6, 6.07) is 15.0. The molecule has 0 aromatic heterocycles. The monoisotopic (exact) mass is 412 g/mol. The molecule has 0 aliphatic carbocycles. The highest BCUT2D eigenvalue weighted by Crippen LogP contribution is 2.36. The summed E-state index contributed by atoms with van der Waals surface area (Å²) >= 11 is 1.32. The number of esters is 1. The van der Waals surface area contributed by atoms with E-state index in [1.807, 2.05) is 48.5 Å². The van der Waals surface area contributed by atoms with Crippen molar-refractivity contribution in [3.8, 4) is 0 Å². The molecule has 0 radical (unpaired) electrons. The lowest BCUT2D eigenvalue weighted by Crippen LogP contribution is -2.32. The van der Waals surface area contributed by atoms with Gasteiger partial charge >= 0.3 is 5.97 Å². The number of anilines is 2. The fourth-order valence-electron chi connectivity index (χ4n) is 3.03. The van der Waals surface area contributed by atoms with Crippen LogP contribution < -0.4 is 10.6 Å². The first-order chi connectivity index (χ1) is 14.0. The Bertz CT molecular complexity index is 915. The summed E-state index contributed by atoms with van der Waals surface area (Å²) in [5.74, 6) is -0.918. The van der Waals surface area contributed by atoms with Crippen LogP contribution in [0.1, 0.15) is 38.2 Å². The van der Waals surface area contributed by atoms with E-state index < -0.39 is 17.1 Å². The molecule has 0 fully saturated rings. The van der Waals surface area contributed by atoms with Crippen LogP contribution in [0, 0.1) is 0 Å². The molecule has 0 saturated carbocycles. The van der Waals surface area contributed by atoms with Crippen molar-refractivity contribution < 1.29 is 19.1 Å². The molecular formula is C22H24N2O4S. The SMILES string of the molecule is CC[C@H](C)c1ccccc1NC(=O)COC(=O)C[C@@H]1Sc2ccccc2NC1=O. The topological polar surface area (TPSA) is 84.5 Å². The largest absolute Gasteiger partial charge is 0.456 e. The van der Waals surface area contributed by atoms with Gasteiger partial charge in [-0.05, 0) is 36.1 Å². The zero-order valence-electron chi connectivity index (χ0n) is 16.4. The van der Waals surface area contributed by atoms with E-state index in [-0.39, 0.29) is 18.9 Å². The first-order valence-corrected chi connectivity index (χ1v) is 10.5. The molecule has 0 bridgehead atoms. The van der Waals surface area contributed by atoms with Crippen molar-refractivity contribution in [2.45, 2.75) is 42.8 Å². The molecule has 1 aliphatic rings. The second kappa shape index (κ2) is 9.60. The average Bonchev–Trinajstić information content (AvgIpc) is 2.72. The third-order valence-corrected chi connectivity index (χ3v) is 6.08. The van der Waals surface area contributed by atoms with Gasteiger partial charge in [0.25, 0.3) is 5.91 Å². The molecule has 6 nitrogen and oxygen atoms in total. The highest BCUT2D eigenvalue weighted by atomic mass is 32.2. The van der Waals surface area contributed by atoms with E-state index in [2.05, 4.69) is 24.5 Å². The summed E-state index contributed by atoms with van der Waals surface area (Å²) in [5.41, 5.74) is 2.51. The Kier molecular flexibility index (Phi) is 6.93. The molecule has 0 saturated heterocycles. The Morgan fingerprint density at radius 1 is 1.17 bits per heavy atom. The van der Waals surface area contributed by atoms with Crippen molar-refractivity contribution in [3.05, 3.63) is 54.1 Å². The molecular weight excluding hydrogens is 388 g/mol. The third-order valence-electron chi connectivity index (χ3n) is 4.80. The van der Waals surface area contributed by atoms with Gasteiger partial charge in [0, 0.05) is 10.6 Å². The van der Waals surface area contributed by atoms with Crippen molar-refractivity contribution in [3.63, 3.8) is 0 Å². The molecule has 2 aromatic rings. The van der Waals surface area contributed by atoms with Crippen LogP contribution in [0.25, 0.3) is 0 Å². The predicted molar refractivity (Wildman–Crippen MR) is 114 cm³/mol. The third kappa shape index (κ3) is 5.38. The van der Waals surface area contributed by atoms with Gasteiger partial charge < -0.3 is 15.4 Å². The summed E-state index contributed by atoms with van der Waals surface area (Å²) < 4.78 is 5.10. The van der Waals surface area contributed by atoms with Gasteiger partial charge in [0.1, 0.15) is 0 Å². The standard InChI is InChI=1S/C22H24N2O4S/c1-3-14(2)15-8-4-5-9-16(15)23-20(25)13-28-21(26)12-19-22(27)24-17-10-6-7-11-18(17)29-19/h4-11,14,19H,3,12-13H2,1-2H3,(H,23,25)(H,24,27)/t14-,19-/m0/s1. The lowest BCUT2D eigenvalue weighted by atomic mass is 9.97. The zero-order valence-corrected chi connectivity index (χ0v) is 17.3. The smallest absolute Gasteiger partial charge is 0.307 e. The summed E-state index contributed by atoms with van der Waals surface area (Å²) in [7, 11) is 0. The lowest BCUT2D eigenvalue weighted by molar-refractivity contribution is -0.147. The molecule has 2 amide bonds. The number of ether oxygens (including phenoxy) is 1. The Hall–Kier alpha value is -2.80. The highest BCUT2D eigenvalue weighted by molar-refractivity contribution is 8.01. The molecule has 2 N–H and O–H groups in total. The number of hydrogen-bond donors (Lipinski definition) is 2. The van der Waals surface area contributed by atoms with E-state index in [0.717, 1.165) is 28.3 Å². The van der Waals surface area contributed by atoms with Crippen LogP contribution >= 0.6 is 11.8 Å². The zero-order chi connectivity index (χ0) is 20.8. The van der Waals surface area contributed by atoms with Crippen LogP contribution in [-0.4, -0.2) is 29.6 Å². The van der Waals surface area contributed by atoms with Crippen molar-refractivity contribution in [2.24, 2.45) is 0 Å². The Morgan fingerprint density at radius 2 is 1.90 bits per heavy atom. The highest BCUT2D eigenvalue weighted by Gasteiger charge is 2.29. The lowest BCUT2D eigenvalue weighted by Gasteiger charge is -2.23. The van der Waals surface area contributed by atoms with E-state index in [1.54, 1.807) is 0 Å². The van der Waals surface area contributed by atoms with Crippen molar-refractivity contribution in [1.29, 1.82) is 0 Å². The summed E-state index contributed by atoms with van der Waals surface area (Å²) in [6.07, 6.45) is 0.855. The molecule has 0 spiro atoms. The normalized spacial score (nSPS) is 16.3. The minimum atomic E-state index is -0.581. The Morgan fingerprint density at radius 3 is 2.69 bits per heavy atom. The van der Waals surface area contributed by atoms with Crippen LogP contribution in [0.5, 0.6) is 0 Å². The molecule has 0 unspecified atom stereocenters. The summed E-state index contributed by atoms with van der Waals surface area (Å²) in [4.78, 5) is 37.5. The van der Waals surface area contributed by atoms with Crippen LogP contribution in [-0.2, 0) is 19.1 Å². The van der Waals surface area contributed by atoms with Crippen molar-refractivity contribution in [2.75, 3.05) is 17.2 Å². The summed E-state index contributed by atoms with van der Waals surface area (Å²) in [6.45, 7) is 3.79. The first-order valence-electron chi connectivity index (χ1n) is 9.59. The number of carbonyl (C=O) groups is 3. The van der Waals surface area contributed by atoms with Gasteiger partial charge in [0.05, 0.1) is 17.4 Å². The molecule has 7 heteroatoms. The average molecular weight is 413 g/mol. The maximum Gasteiger partial charge on any atom is 0.307 e. The number of benzene rings is 2. The van der Waals surface area contributed by atoms with Gasteiger partial charge in [0.15, 0.2) is 6.61 Å². The van der Waals surface area contributed by atoms with E-state index in [9.17, 15) is 14.4 Å². The fourth-order valence-corrected chi connectivity index (χ4v) is 4.13. The van der Waals surface area contributed by atoms with Crippen molar-refractivity contribution >= 4 is 40.9 Å². The second-order valence-electron chi connectivity index (χ2n) is 6.90. The van der Waals surface area contributed by atoms with Crippen LogP contribution in [0.2, 0.25) is 0 Å². The molecule has 29 heavy (non-hydrogen) atoms. The van der Waals surface area contributed by atoms with E-state index >= 15 is 0 Å². The number of rotatable bonds is 7. The van der Waals surface area contributed by atoms with Crippen LogP contribution in [0.4, 0.5) is 11.4 Å². The molecule has 1 aliphatic heterocycles. The Balaban J connectivity index is 1.51. The van der Waals surface area contributed by atoms with Gasteiger partial charge in [0.2, 0.25) is 5.91 Å². The number of amides is 2. The molecule has 152 valence electrons. The van der Waals surface area contributed by atoms with Gasteiger partial charge in [-0.15, -0.1) is 11.8 Å². The number of nitrogens with one attached hydrogen (secondary N) is 2. The van der Waals surface area contributed by atoms with E-state index in [1.165, 1.54) is 11.8 Å². The quantitative estimate of drug-likeness (QED) is 0.667. The predicted octanol–water partition coefficient (Wildman–Crippen LogP) is 4.18. The second-order valence-corrected chi connectivity index (χ2v) is 8.15. The molecule has 2 atom stereocenters. The van der Waals surface area contributed by atoms with Gasteiger partial charge in [-0.1, -0.05) is 44.2 Å². The summed E-state index contributed by atoms with van der Waals surface area (Å²) in [5, 5.41) is 5.02. The number of carbonyl (C=O) groups excluding carboxylic acids is 3. The number of hydrogen-bond acceptors (Lipinski definition) is 5. The maximum absolute atomic E-state index is 12.2. The van der Waals surface area contributed by atoms with Gasteiger partial charge in [-0.25, -0.2) is 0 Å². The number of fused-ring (bicyclic) bond motifs is 1.